The number of hydrogen-bond acceptors (Lipinski definition) is 7. The van der Waals surface area contributed by atoms with Crippen molar-refractivity contribution in [1.82, 2.24) is 15.2 Å². The number of carbonyl (C=O) groups is 1. The number of hydrogen-bond donors (Lipinski definition) is 2. The van der Waals surface area contributed by atoms with E-state index in [-0.39, 0.29) is 30.8 Å². The molecule has 0 radical (unpaired) electrons. The van der Waals surface area contributed by atoms with Gasteiger partial charge in [0.1, 0.15) is 5.01 Å². The largest absolute Gasteiger partial charge is 0.389 e. The van der Waals surface area contributed by atoms with E-state index in [4.69, 9.17) is 21.1 Å². The van der Waals surface area contributed by atoms with Crippen LogP contribution < -0.4 is 5.32 Å². The van der Waals surface area contributed by atoms with Gasteiger partial charge in [0.2, 0.25) is 5.91 Å². The number of halogens is 1. The van der Waals surface area contributed by atoms with Crippen LogP contribution in [-0.4, -0.2) is 65.0 Å². The number of fused-ring (bicyclic) bond motifs is 1. The molecule has 1 amide bonds. The molecule has 2 saturated heterocycles. The van der Waals surface area contributed by atoms with Crippen LogP contribution in [0.25, 0.3) is 0 Å². The van der Waals surface area contributed by atoms with Crippen molar-refractivity contribution >= 4 is 28.8 Å². The van der Waals surface area contributed by atoms with Crippen molar-refractivity contribution in [2.24, 2.45) is 0 Å². The Bertz CT molecular complexity index is 836. The van der Waals surface area contributed by atoms with Crippen molar-refractivity contribution < 1.29 is 19.4 Å². The molecular formula is C22H28ClN3O4S. The molecule has 0 unspecified atom stereocenters. The second-order valence-corrected chi connectivity index (χ2v) is 9.51. The van der Waals surface area contributed by atoms with Crippen molar-refractivity contribution in [2.45, 2.75) is 56.7 Å². The number of aliphatic hydroxyl groups is 1. The van der Waals surface area contributed by atoms with Gasteiger partial charge in [0.15, 0.2) is 0 Å². The summed E-state index contributed by atoms with van der Waals surface area (Å²) >= 11 is 7.52. The number of ether oxygens (including phenoxy) is 2. The predicted octanol–water partition coefficient (Wildman–Crippen LogP) is 2.61. The number of nitrogens with one attached hydrogen (secondary N) is 1. The van der Waals surface area contributed by atoms with Crippen LogP contribution >= 0.6 is 22.9 Å². The summed E-state index contributed by atoms with van der Waals surface area (Å²) in [5.74, 6) is -0.0276. The van der Waals surface area contributed by atoms with Crippen LogP contribution in [0.5, 0.6) is 0 Å². The fraction of sp³-hybridized carbons (Fsp3) is 0.545. The molecule has 2 aliphatic heterocycles. The molecule has 2 aromatic rings. The first-order valence-electron chi connectivity index (χ1n) is 10.6. The highest BCUT2D eigenvalue weighted by atomic mass is 35.5. The summed E-state index contributed by atoms with van der Waals surface area (Å²) in [4.78, 5) is 19.1. The van der Waals surface area contributed by atoms with Crippen LogP contribution in [0.2, 0.25) is 5.02 Å². The number of nitrogens with zero attached hydrogens (tertiary/aromatic N) is 2. The van der Waals surface area contributed by atoms with Gasteiger partial charge in [-0.3, -0.25) is 9.69 Å². The molecule has 0 aliphatic carbocycles. The molecule has 4 rings (SSSR count). The first-order chi connectivity index (χ1) is 15.1. The summed E-state index contributed by atoms with van der Waals surface area (Å²) in [6, 6.07) is 7.57. The lowest BCUT2D eigenvalue weighted by atomic mass is 9.94. The number of carbonyl (C=O) groups excluding carboxylic acids is 1. The van der Waals surface area contributed by atoms with Gasteiger partial charge in [-0.1, -0.05) is 23.7 Å². The molecule has 0 spiro atoms. The van der Waals surface area contributed by atoms with Gasteiger partial charge < -0.3 is 19.9 Å². The minimum absolute atomic E-state index is 0.0276. The van der Waals surface area contributed by atoms with E-state index in [1.807, 2.05) is 29.6 Å². The average Bonchev–Trinajstić information content (AvgIpc) is 3.25. The van der Waals surface area contributed by atoms with Gasteiger partial charge in [0.05, 0.1) is 44.5 Å². The molecule has 2 fully saturated rings. The van der Waals surface area contributed by atoms with E-state index < -0.39 is 6.10 Å². The predicted molar refractivity (Wildman–Crippen MR) is 119 cm³/mol. The fourth-order valence-electron chi connectivity index (χ4n) is 4.21. The third-order valence-electron chi connectivity index (χ3n) is 5.73. The molecule has 31 heavy (non-hydrogen) atoms. The van der Waals surface area contributed by atoms with Crippen molar-refractivity contribution in [3.63, 3.8) is 0 Å². The lowest BCUT2D eigenvalue weighted by molar-refractivity contribution is -0.158. The number of rotatable bonds is 6. The molecular weight excluding hydrogens is 438 g/mol. The second-order valence-electron chi connectivity index (χ2n) is 8.10. The Labute approximate surface area is 191 Å². The van der Waals surface area contributed by atoms with Gasteiger partial charge >= 0.3 is 0 Å². The quantitative estimate of drug-likeness (QED) is 0.682. The van der Waals surface area contributed by atoms with Crippen LogP contribution in [0, 0.1) is 0 Å². The number of aliphatic hydroxyl groups excluding tert-OH is 1. The van der Waals surface area contributed by atoms with Crippen LogP contribution in [0.15, 0.2) is 35.8 Å². The van der Waals surface area contributed by atoms with Crippen molar-refractivity contribution in [3.8, 4) is 0 Å². The van der Waals surface area contributed by atoms with E-state index >= 15 is 0 Å². The highest BCUT2D eigenvalue weighted by Crippen LogP contribution is 2.29. The molecule has 1 aromatic carbocycles. The van der Waals surface area contributed by atoms with E-state index in [2.05, 4.69) is 15.2 Å². The normalized spacial score (nSPS) is 27.2. The van der Waals surface area contributed by atoms with E-state index in [0.29, 0.717) is 37.7 Å². The number of β-amino-alcohol motifs (C(OH)–C–C–N with tert-alkyl or cyclic N) is 1. The third kappa shape index (κ3) is 6.47. The van der Waals surface area contributed by atoms with E-state index in [1.54, 1.807) is 17.5 Å². The van der Waals surface area contributed by atoms with Gasteiger partial charge in [-0.2, -0.15) is 0 Å². The Kier molecular flexibility index (Phi) is 7.92. The summed E-state index contributed by atoms with van der Waals surface area (Å²) < 4.78 is 12.0. The van der Waals surface area contributed by atoms with Crippen molar-refractivity contribution in [2.75, 3.05) is 19.8 Å². The number of amides is 1. The SMILES string of the molecule is O=C(C[C@H]1CC[C@@H]2[C@H](COC[C@H](O)CN2Cc2nccs2)O1)NCc1ccc(Cl)cc1. The molecule has 7 nitrogen and oxygen atoms in total. The highest BCUT2D eigenvalue weighted by Gasteiger charge is 2.38. The minimum atomic E-state index is -0.530. The fourth-order valence-corrected chi connectivity index (χ4v) is 4.98. The first kappa shape index (κ1) is 22.6. The summed E-state index contributed by atoms with van der Waals surface area (Å²) in [6.45, 7) is 2.38. The maximum absolute atomic E-state index is 12.5. The molecule has 9 heteroatoms. The lowest BCUT2D eigenvalue weighted by Gasteiger charge is -2.44. The monoisotopic (exact) mass is 465 g/mol. The van der Waals surface area contributed by atoms with Crippen molar-refractivity contribution in [1.29, 1.82) is 0 Å². The summed E-state index contributed by atoms with van der Waals surface area (Å²) in [6.07, 6.45) is 3.01. The summed E-state index contributed by atoms with van der Waals surface area (Å²) in [5.41, 5.74) is 1.01. The second kappa shape index (κ2) is 10.8. The zero-order valence-electron chi connectivity index (χ0n) is 17.3. The molecule has 4 atom stereocenters. The summed E-state index contributed by atoms with van der Waals surface area (Å²) in [5, 5.41) is 16.9. The maximum Gasteiger partial charge on any atom is 0.222 e. The van der Waals surface area contributed by atoms with Gasteiger partial charge in [-0.15, -0.1) is 11.3 Å². The lowest BCUT2D eigenvalue weighted by Crippen LogP contribution is -2.55. The molecule has 3 heterocycles. The molecule has 168 valence electrons. The molecule has 2 N–H and O–H groups in total. The Morgan fingerprint density at radius 1 is 1.29 bits per heavy atom. The smallest absolute Gasteiger partial charge is 0.222 e. The van der Waals surface area contributed by atoms with Gasteiger partial charge in [-0.25, -0.2) is 4.98 Å². The molecule has 1 aromatic heterocycles. The zero-order valence-corrected chi connectivity index (χ0v) is 18.9. The molecule has 0 saturated carbocycles. The Morgan fingerprint density at radius 3 is 2.90 bits per heavy atom. The molecule has 2 aliphatic rings. The van der Waals surface area contributed by atoms with Crippen LogP contribution in [-0.2, 0) is 27.4 Å². The number of thiazole rings is 1. The third-order valence-corrected chi connectivity index (χ3v) is 6.74. The number of aromatic nitrogens is 1. The Morgan fingerprint density at radius 2 is 2.13 bits per heavy atom. The maximum atomic E-state index is 12.5. The number of benzene rings is 1. The molecule has 0 bridgehead atoms. The Balaban J connectivity index is 1.31. The first-order valence-corrected chi connectivity index (χ1v) is 11.9. The zero-order chi connectivity index (χ0) is 21.6. The van der Waals surface area contributed by atoms with E-state index in [9.17, 15) is 9.90 Å². The minimum Gasteiger partial charge on any atom is -0.389 e. The van der Waals surface area contributed by atoms with Crippen LogP contribution in [0.3, 0.4) is 0 Å². The van der Waals surface area contributed by atoms with Gasteiger partial charge in [0.25, 0.3) is 0 Å². The van der Waals surface area contributed by atoms with Gasteiger partial charge in [0, 0.05) is 35.7 Å². The van der Waals surface area contributed by atoms with E-state index in [1.165, 1.54) is 0 Å². The summed E-state index contributed by atoms with van der Waals surface area (Å²) in [7, 11) is 0. The van der Waals surface area contributed by atoms with Crippen LogP contribution in [0.4, 0.5) is 0 Å². The van der Waals surface area contributed by atoms with E-state index in [0.717, 1.165) is 23.4 Å². The van der Waals surface area contributed by atoms with Crippen molar-refractivity contribution in [3.05, 3.63) is 51.4 Å². The van der Waals surface area contributed by atoms with Gasteiger partial charge in [-0.05, 0) is 30.5 Å². The Hall–Kier alpha value is -1.55. The van der Waals surface area contributed by atoms with Crippen LogP contribution in [0.1, 0.15) is 29.8 Å². The average molecular weight is 466 g/mol. The highest BCUT2D eigenvalue weighted by molar-refractivity contribution is 7.09. The topological polar surface area (TPSA) is 83.9 Å². The standard InChI is InChI=1S/C22H28ClN3O4S/c23-16-3-1-15(2-4-16)10-25-21(28)9-18-5-6-19-20(30-18)14-29-13-17(27)11-26(19)12-22-24-7-8-31-22/h1-4,7-8,17-20,27H,5-6,9-14H2,(H,25,28)/t17-,18-,19-,20+/m1/s1.